The molecule has 0 saturated heterocycles. The van der Waals surface area contributed by atoms with Gasteiger partial charge in [-0.1, -0.05) is 29.8 Å². The van der Waals surface area contributed by atoms with Gasteiger partial charge in [0.15, 0.2) is 0 Å². The number of benzene rings is 2. The third kappa shape index (κ3) is 2.18. The fraction of sp³-hybridized carbons (Fsp3) is 0.0769. The first kappa shape index (κ1) is 11.0. The first-order chi connectivity index (χ1) is 7.70. The molecule has 0 amide bonds. The SMILES string of the molecule is NCc1ccc(N)c(-c2ccc(Cl)cc2)c1. The van der Waals surface area contributed by atoms with Crippen molar-refractivity contribution in [2.45, 2.75) is 6.54 Å². The van der Waals surface area contributed by atoms with Gasteiger partial charge in [-0.3, -0.25) is 0 Å². The average Bonchev–Trinajstić information content (AvgIpc) is 2.31. The summed E-state index contributed by atoms with van der Waals surface area (Å²) >= 11 is 5.85. The summed E-state index contributed by atoms with van der Waals surface area (Å²) < 4.78 is 0. The smallest absolute Gasteiger partial charge is 0.0406 e. The van der Waals surface area contributed by atoms with Crippen LogP contribution in [0.4, 0.5) is 5.69 Å². The minimum Gasteiger partial charge on any atom is -0.398 e. The molecule has 0 aliphatic rings. The number of anilines is 1. The Balaban J connectivity index is 2.50. The van der Waals surface area contributed by atoms with Gasteiger partial charge in [0.2, 0.25) is 0 Å². The normalized spacial score (nSPS) is 10.4. The van der Waals surface area contributed by atoms with Gasteiger partial charge in [0.05, 0.1) is 0 Å². The molecule has 0 aliphatic carbocycles. The summed E-state index contributed by atoms with van der Waals surface area (Å²) in [6.45, 7) is 0.515. The zero-order valence-electron chi connectivity index (χ0n) is 8.78. The molecule has 82 valence electrons. The molecule has 0 heterocycles. The Bertz CT molecular complexity index is 492. The highest BCUT2D eigenvalue weighted by Gasteiger charge is 2.03. The number of rotatable bonds is 2. The first-order valence-electron chi connectivity index (χ1n) is 5.05. The second-order valence-corrected chi connectivity index (χ2v) is 4.07. The number of nitrogens with two attached hydrogens (primary N) is 2. The Morgan fingerprint density at radius 3 is 2.31 bits per heavy atom. The molecule has 3 heteroatoms. The second kappa shape index (κ2) is 4.56. The molecule has 0 radical (unpaired) electrons. The van der Waals surface area contributed by atoms with Crippen LogP contribution in [0.5, 0.6) is 0 Å². The van der Waals surface area contributed by atoms with Gasteiger partial charge < -0.3 is 11.5 Å². The van der Waals surface area contributed by atoms with Crippen molar-refractivity contribution in [2.75, 3.05) is 5.73 Å². The van der Waals surface area contributed by atoms with Crippen LogP contribution in [-0.2, 0) is 6.54 Å². The van der Waals surface area contributed by atoms with E-state index in [1.165, 1.54) is 0 Å². The highest BCUT2D eigenvalue weighted by Crippen LogP contribution is 2.27. The van der Waals surface area contributed by atoms with E-state index in [1.54, 1.807) is 0 Å². The maximum Gasteiger partial charge on any atom is 0.0406 e. The van der Waals surface area contributed by atoms with Gasteiger partial charge in [0.1, 0.15) is 0 Å². The van der Waals surface area contributed by atoms with Gasteiger partial charge in [0, 0.05) is 22.8 Å². The van der Waals surface area contributed by atoms with E-state index in [0.717, 1.165) is 27.4 Å². The highest BCUT2D eigenvalue weighted by atomic mass is 35.5. The Kier molecular flexibility index (Phi) is 3.13. The van der Waals surface area contributed by atoms with Gasteiger partial charge >= 0.3 is 0 Å². The van der Waals surface area contributed by atoms with E-state index in [0.29, 0.717) is 6.54 Å². The van der Waals surface area contributed by atoms with Crippen molar-refractivity contribution in [1.29, 1.82) is 0 Å². The molecule has 16 heavy (non-hydrogen) atoms. The molecule has 0 saturated carbocycles. The summed E-state index contributed by atoms with van der Waals surface area (Å²) in [5, 5.41) is 0.720. The average molecular weight is 233 g/mol. The lowest BCUT2D eigenvalue weighted by atomic mass is 10.0. The van der Waals surface area contributed by atoms with Crippen LogP contribution >= 0.6 is 11.6 Å². The van der Waals surface area contributed by atoms with Crippen LogP contribution in [0.25, 0.3) is 11.1 Å². The molecule has 2 rings (SSSR count). The van der Waals surface area contributed by atoms with Crippen LogP contribution in [-0.4, -0.2) is 0 Å². The maximum atomic E-state index is 5.94. The molecule has 2 aromatic carbocycles. The van der Waals surface area contributed by atoms with E-state index in [-0.39, 0.29) is 0 Å². The zero-order valence-corrected chi connectivity index (χ0v) is 9.54. The third-order valence-corrected chi connectivity index (χ3v) is 2.76. The predicted octanol–water partition coefficient (Wildman–Crippen LogP) is 3.05. The summed E-state index contributed by atoms with van der Waals surface area (Å²) in [4.78, 5) is 0. The molecule has 4 N–H and O–H groups in total. The lowest BCUT2D eigenvalue weighted by Crippen LogP contribution is -1.98. The number of hydrogen-bond acceptors (Lipinski definition) is 2. The second-order valence-electron chi connectivity index (χ2n) is 3.63. The molecule has 0 bridgehead atoms. The van der Waals surface area contributed by atoms with Crippen LogP contribution in [0, 0.1) is 0 Å². The Labute approximate surface area is 99.8 Å². The molecule has 0 aliphatic heterocycles. The van der Waals surface area contributed by atoms with Crippen LogP contribution in [0.1, 0.15) is 5.56 Å². The van der Waals surface area contributed by atoms with E-state index >= 15 is 0 Å². The minimum atomic E-state index is 0.515. The van der Waals surface area contributed by atoms with E-state index in [9.17, 15) is 0 Å². The standard InChI is InChI=1S/C13H13ClN2/c14-11-4-2-10(3-5-11)12-7-9(8-15)1-6-13(12)16/h1-7H,8,15-16H2. The molecule has 2 nitrogen and oxygen atoms in total. The van der Waals surface area contributed by atoms with E-state index in [2.05, 4.69) is 0 Å². The quantitative estimate of drug-likeness (QED) is 0.782. The van der Waals surface area contributed by atoms with Crippen molar-refractivity contribution in [3.05, 3.63) is 53.1 Å². The molecule has 2 aromatic rings. The van der Waals surface area contributed by atoms with Gasteiger partial charge in [-0.25, -0.2) is 0 Å². The fourth-order valence-corrected chi connectivity index (χ4v) is 1.74. The van der Waals surface area contributed by atoms with E-state index < -0.39 is 0 Å². The first-order valence-corrected chi connectivity index (χ1v) is 5.43. The van der Waals surface area contributed by atoms with Crippen molar-refractivity contribution in [2.24, 2.45) is 5.73 Å². The van der Waals surface area contributed by atoms with Gasteiger partial charge in [-0.05, 0) is 35.4 Å². The van der Waals surface area contributed by atoms with Crippen molar-refractivity contribution in [1.82, 2.24) is 0 Å². The molecule has 0 aromatic heterocycles. The summed E-state index contributed by atoms with van der Waals surface area (Å²) in [5.41, 5.74) is 15.4. The monoisotopic (exact) mass is 232 g/mol. The van der Waals surface area contributed by atoms with E-state index in [4.69, 9.17) is 23.1 Å². The van der Waals surface area contributed by atoms with E-state index in [1.807, 2.05) is 42.5 Å². The summed E-state index contributed by atoms with van der Waals surface area (Å²) in [5.74, 6) is 0. The minimum absolute atomic E-state index is 0.515. The third-order valence-electron chi connectivity index (χ3n) is 2.51. The Morgan fingerprint density at radius 1 is 1.00 bits per heavy atom. The van der Waals surface area contributed by atoms with Gasteiger partial charge in [-0.2, -0.15) is 0 Å². The van der Waals surface area contributed by atoms with Crippen molar-refractivity contribution < 1.29 is 0 Å². The number of halogens is 1. The molecule has 0 unspecified atom stereocenters. The van der Waals surface area contributed by atoms with Gasteiger partial charge in [0.25, 0.3) is 0 Å². The van der Waals surface area contributed by atoms with Gasteiger partial charge in [-0.15, -0.1) is 0 Å². The summed E-state index contributed by atoms with van der Waals surface area (Å²) in [7, 11) is 0. The Hall–Kier alpha value is -1.51. The van der Waals surface area contributed by atoms with Crippen molar-refractivity contribution in [3.8, 4) is 11.1 Å². The molecule has 0 fully saturated rings. The van der Waals surface area contributed by atoms with Crippen LogP contribution in [0.2, 0.25) is 5.02 Å². The van der Waals surface area contributed by atoms with Crippen molar-refractivity contribution >= 4 is 17.3 Å². The van der Waals surface area contributed by atoms with Crippen molar-refractivity contribution in [3.63, 3.8) is 0 Å². The summed E-state index contributed by atoms with van der Waals surface area (Å²) in [6, 6.07) is 13.4. The molecular formula is C13H13ClN2. The molecule has 0 atom stereocenters. The Morgan fingerprint density at radius 2 is 1.69 bits per heavy atom. The number of hydrogen-bond donors (Lipinski definition) is 2. The molecular weight excluding hydrogens is 220 g/mol. The maximum absolute atomic E-state index is 5.94. The lowest BCUT2D eigenvalue weighted by Gasteiger charge is -2.08. The topological polar surface area (TPSA) is 52.0 Å². The zero-order chi connectivity index (χ0) is 11.5. The summed E-state index contributed by atoms with van der Waals surface area (Å²) in [6.07, 6.45) is 0. The highest BCUT2D eigenvalue weighted by molar-refractivity contribution is 6.30. The van der Waals surface area contributed by atoms with Crippen LogP contribution < -0.4 is 11.5 Å². The van der Waals surface area contributed by atoms with Crippen LogP contribution in [0.15, 0.2) is 42.5 Å². The number of nitrogen functional groups attached to an aromatic ring is 1. The predicted molar refractivity (Wildman–Crippen MR) is 69.2 cm³/mol. The lowest BCUT2D eigenvalue weighted by molar-refractivity contribution is 1.07. The van der Waals surface area contributed by atoms with Crippen LogP contribution in [0.3, 0.4) is 0 Å². The largest absolute Gasteiger partial charge is 0.398 e. The molecule has 0 spiro atoms. The fourth-order valence-electron chi connectivity index (χ4n) is 1.61.